The molecule has 2 amide bonds. The van der Waals surface area contributed by atoms with Gasteiger partial charge in [0.05, 0.1) is 14.2 Å². The molecule has 2 fully saturated rings. The number of nitrogens with zero attached hydrogens (tertiary/aromatic N) is 2. The molecule has 0 bridgehead atoms. The van der Waals surface area contributed by atoms with Gasteiger partial charge in [0.25, 0.3) is 5.91 Å². The van der Waals surface area contributed by atoms with Crippen molar-refractivity contribution in [2.45, 2.75) is 25.7 Å². The minimum atomic E-state index is -0.0565. The third kappa shape index (κ3) is 6.24. The van der Waals surface area contributed by atoms with Gasteiger partial charge in [-0.15, -0.1) is 12.4 Å². The lowest BCUT2D eigenvalue weighted by Gasteiger charge is -2.35. The molecular weight excluding hydrogens is 394 g/mol. The molecule has 2 aliphatic rings. The summed E-state index contributed by atoms with van der Waals surface area (Å²) in [6.45, 7) is 4.42. The summed E-state index contributed by atoms with van der Waals surface area (Å²) in [6.07, 6.45) is 3.92. The summed E-state index contributed by atoms with van der Waals surface area (Å²) in [4.78, 5) is 29.1. The molecule has 2 heterocycles. The zero-order valence-electron chi connectivity index (χ0n) is 17.3. The second kappa shape index (κ2) is 11.3. The second-order valence-electron chi connectivity index (χ2n) is 7.51. The lowest BCUT2D eigenvalue weighted by molar-refractivity contribution is -0.133. The van der Waals surface area contributed by atoms with Crippen LogP contribution in [0, 0.1) is 5.92 Å². The van der Waals surface area contributed by atoms with E-state index in [-0.39, 0.29) is 24.2 Å². The van der Waals surface area contributed by atoms with Gasteiger partial charge >= 0.3 is 0 Å². The molecule has 1 N–H and O–H groups in total. The summed E-state index contributed by atoms with van der Waals surface area (Å²) in [5, 5.41) is 3.36. The summed E-state index contributed by atoms with van der Waals surface area (Å²) in [5.41, 5.74) is 0.543. The molecular formula is C21H32ClN3O4. The summed E-state index contributed by atoms with van der Waals surface area (Å²) in [5.74, 6) is 2.01. The maximum Gasteiger partial charge on any atom is 0.254 e. The molecule has 0 radical (unpaired) electrons. The number of halogens is 1. The molecule has 29 heavy (non-hydrogen) atoms. The van der Waals surface area contributed by atoms with Crippen LogP contribution in [0.25, 0.3) is 0 Å². The zero-order chi connectivity index (χ0) is 19.9. The third-order valence-corrected chi connectivity index (χ3v) is 5.74. The molecule has 0 saturated carbocycles. The Hall–Kier alpha value is -1.99. The van der Waals surface area contributed by atoms with Gasteiger partial charge < -0.3 is 24.6 Å². The molecule has 8 heteroatoms. The number of rotatable bonds is 6. The normalized spacial score (nSPS) is 17.4. The predicted molar refractivity (Wildman–Crippen MR) is 114 cm³/mol. The lowest BCUT2D eigenvalue weighted by atomic mass is 9.93. The number of carbonyl (C=O) groups excluding carboxylic acids is 2. The number of benzene rings is 1. The van der Waals surface area contributed by atoms with Crippen molar-refractivity contribution in [3.05, 3.63) is 23.8 Å². The average molecular weight is 426 g/mol. The standard InChI is InChI=1S/C21H31N3O4.ClH/c1-27-18-13-17(14-19(15-18)28-2)21(26)24-11-9-23(10-12-24)20(25)4-3-16-5-7-22-8-6-16;/h13-16,22H,3-12H2,1-2H3;1H. The lowest BCUT2D eigenvalue weighted by Crippen LogP contribution is -2.50. The van der Waals surface area contributed by atoms with Crippen LogP contribution < -0.4 is 14.8 Å². The van der Waals surface area contributed by atoms with Gasteiger partial charge in [0.2, 0.25) is 5.91 Å². The Morgan fingerprint density at radius 2 is 1.52 bits per heavy atom. The van der Waals surface area contributed by atoms with Crippen molar-refractivity contribution in [1.29, 1.82) is 0 Å². The van der Waals surface area contributed by atoms with E-state index in [1.165, 1.54) is 12.8 Å². The van der Waals surface area contributed by atoms with E-state index < -0.39 is 0 Å². The van der Waals surface area contributed by atoms with Gasteiger partial charge in [-0.25, -0.2) is 0 Å². The first-order valence-corrected chi connectivity index (χ1v) is 10.1. The van der Waals surface area contributed by atoms with E-state index in [0.29, 0.717) is 55.6 Å². The van der Waals surface area contributed by atoms with Crippen molar-refractivity contribution >= 4 is 24.2 Å². The Labute approximate surface area is 179 Å². The Morgan fingerprint density at radius 3 is 2.07 bits per heavy atom. The van der Waals surface area contributed by atoms with Crippen LogP contribution in [0.1, 0.15) is 36.0 Å². The SMILES string of the molecule is COc1cc(OC)cc(C(=O)N2CCN(C(=O)CCC3CCNCC3)CC2)c1.Cl. The number of piperidine rings is 1. The van der Waals surface area contributed by atoms with E-state index in [0.717, 1.165) is 19.5 Å². The number of hydrogen-bond acceptors (Lipinski definition) is 5. The predicted octanol–water partition coefficient (Wildman–Crippen LogP) is 2.19. The topological polar surface area (TPSA) is 71.1 Å². The summed E-state index contributed by atoms with van der Waals surface area (Å²) in [7, 11) is 3.13. The fourth-order valence-corrected chi connectivity index (χ4v) is 3.93. The fraction of sp³-hybridized carbons (Fsp3) is 0.619. The number of hydrogen-bond donors (Lipinski definition) is 1. The van der Waals surface area contributed by atoms with Crippen molar-refractivity contribution in [1.82, 2.24) is 15.1 Å². The van der Waals surface area contributed by atoms with Gasteiger partial charge in [0.1, 0.15) is 11.5 Å². The van der Waals surface area contributed by atoms with Crippen LogP contribution in [0.4, 0.5) is 0 Å². The first kappa shape index (κ1) is 23.3. The molecule has 0 atom stereocenters. The van der Waals surface area contributed by atoms with Gasteiger partial charge in [-0.3, -0.25) is 9.59 Å². The van der Waals surface area contributed by atoms with Crippen molar-refractivity contribution < 1.29 is 19.1 Å². The monoisotopic (exact) mass is 425 g/mol. The van der Waals surface area contributed by atoms with Crippen molar-refractivity contribution in [2.24, 2.45) is 5.92 Å². The van der Waals surface area contributed by atoms with Crippen LogP contribution in [0.5, 0.6) is 11.5 Å². The van der Waals surface area contributed by atoms with Crippen LogP contribution >= 0.6 is 12.4 Å². The molecule has 0 unspecified atom stereocenters. The smallest absolute Gasteiger partial charge is 0.254 e. The molecule has 1 aromatic rings. The van der Waals surface area contributed by atoms with Crippen LogP contribution in [0.15, 0.2) is 18.2 Å². The van der Waals surface area contributed by atoms with E-state index in [1.54, 1.807) is 37.3 Å². The van der Waals surface area contributed by atoms with E-state index in [9.17, 15) is 9.59 Å². The Balaban J connectivity index is 0.00000300. The van der Waals surface area contributed by atoms with E-state index in [1.807, 2.05) is 4.90 Å². The quantitative estimate of drug-likeness (QED) is 0.756. The highest BCUT2D eigenvalue weighted by molar-refractivity contribution is 5.95. The maximum absolute atomic E-state index is 12.9. The van der Waals surface area contributed by atoms with Crippen molar-refractivity contribution in [2.75, 3.05) is 53.5 Å². The molecule has 7 nitrogen and oxygen atoms in total. The summed E-state index contributed by atoms with van der Waals surface area (Å²) in [6, 6.07) is 5.19. The number of methoxy groups -OCH3 is 2. The highest BCUT2D eigenvalue weighted by Crippen LogP contribution is 2.24. The summed E-state index contributed by atoms with van der Waals surface area (Å²) < 4.78 is 10.5. The van der Waals surface area contributed by atoms with E-state index >= 15 is 0 Å². The van der Waals surface area contributed by atoms with Crippen LogP contribution in [-0.4, -0.2) is 75.1 Å². The number of piperazine rings is 1. The number of amides is 2. The third-order valence-electron chi connectivity index (χ3n) is 5.74. The largest absolute Gasteiger partial charge is 0.497 e. The van der Waals surface area contributed by atoms with E-state index in [2.05, 4.69) is 5.32 Å². The zero-order valence-corrected chi connectivity index (χ0v) is 18.1. The van der Waals surface area contributed by atoms with Gasteiger partial charge in [-0.05, 0) is 50.4 Å². The first-order chi connectivity index (χ1) is 13.6. The molecule has 1 aromatic carbocycles. The molecule has 2 aliphatic heterocycles. The van der Waals surface area contributed by atoms with Crippen molar-refractivity contribution in [3.63, 3.8) is 0 Å². The highest BCUT2D eigenvalue weighted by Gasteiger charge is 2.26. The van der Waals surface area contributed by atoms with Crippen LogP contribution in [-0.2, 0) is 4.79 Å². The van der Waals surface area contributed by atoms with Gasteiger partial charge in [-0.1, -0.05) is 0 Å². The van der Waals surface area contributed by atoms with Gasteiger partial charge in [-0.2, -0.15) is 0 Å². The number of carbonyl (C=O) groups is 2. The minimum absolute atomic E-state index is 0. The van der Waals surface area contributed by atoms with Gasteiger partial charge in [0, 0.05) is 44.2 Å². The summed E-state index contributed by atoms with van der Waals surface area (Å²) >= 11 is 0. The van der Waals surface area contributed by atoms with Crippen LogP contribution in [0.3, 0.4) is 0 Å². The first-order valence-electron chi connectivity index (χ1n) is 10.1. The molecule has 0 aliphatic carbocycles. The Bertz CT molecular complexity index is 664. The minimum Gasteiger partial charge on any atom is -0.497 e. The Kier molecular flexibility index (Phi) is 9.04. The fourth-order valence-electron chi connectivity index (χ4n) is 3.93. The molecule has 0 aromatic heterocycles. The maximum atomic E-state index is 12.9. The number of nitrogens with one attached hydrogen (secondary N) is 1. The highest BCUT2D eigenvalue weighted by atomic mass is 35.5. The molecule has 3 rings (SSSR count). The molecule has 0 spiro atoms. The molecule has 162 valence electrons. The van der Waals surface area contributed by atoms with E-state index in [4.69, 9.17) is 9.47 Å². The Morgan fingerprint density at radius 1 is 0.966 bits per heavy atom. The van der Waals surface area contributed by atoms with Crippen molar-refractivity contribution in [3.8, 4) is 11.5 Å². The van der Waals surface area contributed by atoms with Crippen LogP contribution in [0.2, 0.25) is 0 Å². The second-order valence-corrected chi connectivity index (χ2v) is 7.51. The van der Waals surface area contributed by atoms with Gasteiger partial charge in [0.15, 0.2) is 0 Å². The molecule has 2 saturated heterocycles. The number of ether oxygens (including phenoxy) is 2. The average Bonchev–Trinajstić information content (AvgIpc) is 2.77.